The van der Waals surface area contributed by atoms with Crippen LogP contribution in [0.25, 0.3) is 0 Å². The number of hydrogen-bond donors (Lipinski definition) is 0. The maximum absolute atomic E-state index is 3.67. The molecule has 0 aliphatic rings. The fraction of sp³-hybridized carbons (Fsp3) is 0.500. The Morgan fingerprint density at radius 1 is 0.344 bits per heavy atom. The van der Waals surface area contributed by atoms with Crippen LogP contribution in [0.5, 0.6) is 0 Å². The Labute approximate surface area is 279 Å². The van der Waals surface area contributed by atoms with Crippen molar-refractivity contribution in [2.45, 2.75) is 69.2 Å². The third-order valence-corrected chi connectivity index (χ3v) is 5.62. The van der Waals surface area contributed by atoms with E-state index in [4.69, 9.17) is 0 Å². The first-order valence-corrected chi connectivity index (χ1v) is 15.0. The van der Waals surface area contributed by atoms with Crippen molar-refractivity contribution in [3.05, 3.63) is 55.6 Å². The minimum atomic E-state index is 0. The SMILES string of the molecule is Cc1c(C)c(C)[c-](C)c1C.Cc1c(C)c(C)[c-](C)c1C.[Mo].[Mo].[S-][S-].[S-][S-].[S-][S-].[S-][S-].[S-][S-]. The maximum Gasteiger partial charge on any atom is 0 e. The van der Waals surface area contributed by atoms with E-state index in [0.717, 1.165) is 0 Å². The first kappa shape index (κ1) is 52.1. The molecule has 0 aliphatic carbocycles. The smallest absolute Gasteiger partial charge is 0 e. The van der Waals surface area contributed by atoms with E-state index in [-0.39, 0.29) is 42.1 Å². The van der Waals surface area contributed by atoms with Gasteiger partial charge in [0.1, 0.15) is 0 Å². The van der Waals surface area contributed by atoms with Gasteiger partial charge in [0.15, 0.2) is 0 Å². The zero-order chi connectivity index (χ0) is 25.8. The third-order valence-electron chi connectivity index (χ3n) is 5.62. The molecule has 0 atom stereocenters. The summed E-state index contributed by atoms with van der Waals surface area (Å²) in [4.78, 5) is 0. The van der Waals surface area contributed by atoms with Crippen molar-refractivity contribution < 1.29 is 42.1 Å². The van der Waals surface area contributed by atoms with Gasteiger partial charge in [-0.15, -0.1) is 0 Å². The van der Waals surface area contributed by atoms with Gasteiger partial charge in [0.05, 0.1) is 0 Å². The van der Waals surface area contributed by atoms with Gasteiger partial charge in [-0.1, -0.05) is 69.2 Å². The molecule has 2 aromatic rings. The van der Waals surface area contributed by atoms with Gasteiger partial charge >= 0.3 is 0 Å². The van der Waals surface area contributed by atoms with Crippen molar-refractivity contribution in [1.82, 2.24) is 0 Å². The van der Waals surface area contributed by atoms with Gasteiger partial charge in [-0.3, -0.25) is 0 Å². The minimum absolute atomic E-state index is 0. The standard InChI is InChI=1S/2C10H15.2Mo.5S2/c2*1-6-7(2)9(4)10(5)8(6)3;;;5*1-2/h2*1-5H3;;;;;;;/q2*-1;;;5*-2. The summed E-state index contributed by atoms with van der Waals surface area (Å²) in [5, 5.41) is 0. The molecule has 0 saturated carbocycles. The second kappa shape index (κ2) is 34.6. The molecule has 0 aliphatic heterocycles. The first-order chi connectivity index (χ1) is 14.1. The van der Waals surface area contributed by atoms with E-state index in [0.29, 0.717) is 0 Å². The van der Waals surface area contributed by atoms with E-state index in [1.54, 1.807) is 0 Å². The van der Waals surface area contributed by atoms with Crippen LogP contribution in [-0.2, 0) is 159 Å². The Morgan fingerprint density at radius 2 is 0.438 bits per heavy atom. The van der Waals surface area contributed by atoms with Crippen molar-refractivity contribution in [2.75, 3.05) is 0 Å². The molecule has 12 heteroatoms. The molecule has 2 aromatic carbocycles. The Morgan fingerprint density at radius 3 is 0.469 bits per heavy atom. The fourth-order valence-corrected chi connectivity index (χ4v) is 2.81. The predicted octanol–water partition coefficient (Wildman–Crippen LogP) is 5.87. The summed E-state index contributed by atoms with van der Waals surface area (Å²) < 4.78 is 0. The third kappa shape index (κ3) is 18.8. The van der Waals surface area contributed by atoms with Crippen LogP contribution in [0.4, 0.5) is 0 Å². The molecule has 0 saturated heterocycles. The molecule has 0 fully saturated rings. The molecule has 0 spiro atoms. The van der Waals surface area contributed by atoms with Crippen molar-refractivity contribution in [2.24, 2.45) is 0 Å². The second-order valence-corrected chi connectivity index (χ2v) is 6.25. The average Bonchev–Trinajstić information content (AvgIpc) is 3.10. The normalized spacial score (nSPS) is 7.50. The van der Waals surface area contributed by atoms with Gasteiger partial charge in [-0.2, -0.15) is 55.6 Å². The molecule has 0 amide bonds. The zero-order valence-corrected chi connectivity index (χ0v) is 32.1. The summed E-state index contributed by atoms with van der Waals surface area (Å²) in [5.41, 5.74) is 14.7. The molecule has 2 rings (SSSR count). The van der Waals surface area contributed by atoms with Crippen LogP contribution in [0.15, 0.2) is 0 Å². The van der Waals surface area contributed by atoms with Gasteiger partial charge in [0.25, 0.3) is 0 Å². The van der Waals surface area contributed by atoms with Crippen molar-refractivity contribution in [3.63, 3.8) is 0 Å². The summed E-state index contributed by atoms with van der Waals surface area (Å²) in [6, 6.07) is 0. The van der Waals surface area contributed by atoms with Crippen LogP contribution in [0.1, 0.15) is 55.6 Å². The zero-order valence-electron chi connectivity index (χ0n) is 19.9. The fourth-order valence-electron chi connectivity index (χ4n) is 2.81. The monoisotopic (exact) mass is 786 g/mol. The molecule has 0 unspecified atom stereocenters. The van der Waals surface area contributed by atoms with Crippen molar-refractivity contribution in [1.29, 1.82) is 0 Å². The van der Waals surface area contributed by atoms with Crippen molar-refractivity contribution >= 4 is 117 Å². The Bertz CT molecular complexity index is 437. The summed E-state index contributed by atoms with van der Waals surface area (Å²) in [5.74, 6) is 0. The maximum atomic E-state index is 3.67. The van der Waals surface area contributed by atoms with Crippen LogP contribution in [-0.4, -0.2) is 0 Å². The Kier molecular flexibility index (Phi) is 56.3. The van der Waals surface area contributed by atoms with Crippen LogP contribution in [0.3, 0.4) is 0 Å². The van der Waals surface area contributed by atoms with Gasteiger partial charge in [-0.25, -0.2) is 0 Å². The summed E-state index contributed by atoms with van der Waals surface area (Å²) >= 11 is 36.7. The van der Waals surface area contributed by atoms with Crippen LogP contribution in [0, 0.1) is 69.2 Å². The molecule has 0 bridgehead atoms. The van der Waals surface area contributed by atoms with E-state index < -0.39 is 0 Å². The quantitative estimate of drug-likeness (QED) is 0.137. The minimum Gasteiger partial charge on any atom is -1.00 e. The molecule has 0 nitrogen and oxygen atoms in total. The van der Waals surface area contributed by atoms with Gasteiger partial charge < -0.3 is 117 Å². The number of rotatable bonds is 0. The molecule has 32 heavy (non-hydrogen) atoms. The van der Waals surface area contributed by atoms with Gasteiger partial charge in [-0.05, 0) is 0 Å². The van der Waals surface area contributed by atoms with Crippen LogP contribution in [0.2, 0.25) is 0 Å². The molecule has 0 N–H and O–H groups in total. The largest absolute Gasteiger partial charge is 1.00 e. The molecule has 194 valence electrons. The van der Waals surface area contributed by atoms with Gasteiger partial charge in [0, 0.05) is 42.1 Å². The van der Waals surface area contributed by atoms with Gasteiger partial charge in [0.2, 0.25) is 0 Å². The average molecular weight is 783 g/mol. The number of hydrogen-bond acceptors (Lipinski definition) is 10. The molecule has 0 aromatic heterocycles. The summed E-state index contributed by atoms with van der Waals surface area (Å²) in [7, 11) is 0. The Hall–Kier alpha value is 3.58. The predicted molar refractivity (Wildman–Crippen MR) is 165 cm³/mol. The van der Waals surface area contributed by atoms with E-state index >= 15 is 0 Å². The second-order valence-electron chi connectivity index (χ2n) is 6.25. The molecular formula is C20H30Mo2S10-12. The summed E-state index contributed by atoms with van der Waals surface area (Å²) in [6.07, 6.45) is 0. The van der Waals surface area contributed by atoms with Crippen LogP contribution < -0.4 is 0 Å². The first-order valence-electron chi connectivity index (χ1n) is 8.33. The van der Waals surface area contributed by atoms with E-state index in [9.17, 15) is 0 Å². The van der Waals surface area contributed by atoms with Crippen molar-refractivity contribution in [3.8, 4) is 0 Å². The molecule has 0 radical (unpaired) electrons. The van der Waals surface area contributed by atoms with E-state index in [2.05, 4.69) is 186 Å². The van der Waals surface area contributed by atoms with E-state index in [1.165, 1.54) is 55.6 Å². The summed E-state index contributed by atoms with van der Waals surface area (Å²) in [6.45, 7) is 22.0. The van der Waals surface area contributed by atoms with E-state index in [1.807, 2.05) is 0 Å². The molecule has 0 heterocycles. The molecular weight excluding hydrogens is 753 g/mol. The topological polar surface area (TPSA) is 0 Å². The van der Waals surface area contributed by atoms with Crippen LogP contribution >= 0.6 is 0 Å². The Balaban J connectivity index is -0.0000000538.